The van der Waals surface area contributed by atoms with Gasteiger partial charge < -0.3 is 24.7 Å². The van der Waals surface area contributed by atoms with Gasteiger partial charge in [-0.2, -0.15) is 0 Å². The second-order valence-electron chi connectivity index (χ2n) is 2.08. The lowest BCUT2D eigenvalue weighted by atomic mass is 10.8. The van der Waals surface area contributed by atoms with Crippen LogP contribution in [0.5, 0.6) is 0 Å². The fourth-order valence-electron chi connectivity index (χ4n) is 0.424. The van der Waals surface area contributed by atoms with Crippen LogP contribution in [0, 0.1) is 0 Å². The van der Waals surface area contributed by atoms with E-state index < -0.39 is 25.1 Å². The van der Waals surface area contributed by atoms with Crippen LogP contribution in [0.1, 0.15) is 0 Å². The molecular formula is C2H6Cl2O7P2. The number of hydrogen-bond donors (Lipinski definition) is 5. The predicted octanol–water partition coefficient (Wildman–Crippen LogP) is -0.208. The first-order valence-electron chi connectivity index (χ1n) is 2.56. The van der Waals surface area contributed by atoms with E-state index >= 15 is 0 Å². The van der Waals surface area contributed by atoms with Crippen molar-refractivity contribution in [2.45, 2.75) is 9.92 Å². The van der Waals surface area contributed by atoms with Crippen molar-refractivity contribution in [2.75, 3.05) is 0 Å². The second kappa shape index (κ2) is 3.77. The third kappa shape index (κ3) is 2.45. The highest BCUT2D eigenvalue weighted by Crippen LogP contribution is 2.70. The zero-order valence-corrected chi connectivity index (χ0v) is 9.08. The van der Waals surface area contributed by atoms with E-state index in [4.69, 9.17) is 47.9 Å². The third-order valence-corrected chi connectivity index (χ3v) is 6.18. The molecule has 0 saturated carbocycles. The van der Waals surface area contributed by atoms with E-state index in [9.17, 15) is 9.13 Å². The molecule has 0 saturated heterocycles. The zero-order chi connectivity index (χ0) is 11.1. The van der Waals surface area contributed by atoms with E-state index in [2.05, 4.69) is 0 Å². The van der Waals surface area contributed by atoms with Gasteiger partial charge in [0, 0.05) is 0 Å². The second-order valence-corrected chi connectivity index (χ2v) is 7.06. The van der Waals surface area contributed by atoms with Gasteiger partial charge in [-0.05, 0) is 0 Å². The molecule has 13 heavy (non-hydrogen) atoms. The van der Waals surface area contributed by atoms with Gasteiger partial charge in [0.2, 0.25) is 0 Å². The van der Waals surface area contributed by atoms with Crippen molar-refractivity contribution in [3.8, 4) is 0 Å². The van der Waals surface area contributed by atoms with E-state index in [0.717, 1.165) is 0 Å². The molecule has 0 amide bonds. The molecule has 0 aromatic rings. The summed E-state index contributed by atoms with van der Waals surface area (Å²) in [6.07, 6.45) is 0. The molecule has 0 heterocycles. The monoisotopic (exact) mass is 274 g/mol. The lowest BCUT2D eigenvalue weighted by Gasteiger charge is -2.29. The molecule has 5 N–H and O–H groups in total. The Balaban J connectivity index is 5.50. The molecule has 0 fully saturated rings. The molecule has 0 bridgehead atoms. The van der Waals surface area contributed by atoms with Crippen molar-refractivity contribution < 1.29 is 33.8 Å². The normalized spacial score (nSPS) is 15.1. The summed E-state index contributed by atoms with van der Waals surface area (Å²) >= 11 is 9.77. The third-order valence-electron chi connectivity index (χ3n) is 1.15. The smallest absolute Gasteiger partial charge is 0.365 e. The Morgan fingerprint density at radius 1 is 1.00 bits per heavy atom. The topological polar surface area (TPSA) is 135 Å². The first-order chi connectivity index (χ1) is 5.44. The largest absolute Gasteiger partial charge is 0.372 e. The Morgan fingerprint density at radius 2 is 1.23 bits per heavy atom. The quantitative estimate of drug-likeness (QED) is 0.355. The fourth-order valence-corrected chi connectivity index (χ4v) is 3.82. The van der Waals surface area contributed by atoms with Gasteiger partial charge in [0.15, 0.2) is 4.84 Å². The summed E-state index contributed by atoms with van der Waals surface area (Å²) in [5.74, 6) is 0. The van der Waals surface area contributed by atoms with Crippen LogP contribution in [0.15, 0.2) is 0 Å². The van der Waals surface area contributed by atoms with E-state index in [-0.39, 0.29) is 0 Å². The summed E-state index contributed by atoms with van der Waals surface area (Å²) < 4.78 is 21.0. The molecule has 0 aromatic heterocycles. The Hall–Kier alpha value is 0.840. The maximum Gasteiger partial charge on any atom is 0.372 e. The number of aliphatic hydroxyl groups is 1. The molecule has 0 rings (SSSR count). The molecule has 0 radical (unpaired) electrons. The highest BCUT2D eigenvalue weighted by molar-refractivity contribution is 7.72. The minimum atomic E-state index is -5.54. The van der Waals surface area contributed by atoms with Gasteiger partial charge in [0.05, 0.1) is 0 Å². The van der Waals surface area contributed by atoms with Crippen LogP contribution in [0.3, 0.4) is 0 Å². The van der Waals surface area contributed by atoms with Crippen molar-refractivity contribution >= 4 is 38.4 Å². The minimum Gasteiger partial charge on any atom is -0.365 e. The summed E-state index contributed by atoms with van der Waals surface area (Å²) in [6.45, 7) is 0. The van der Waals surface area contributed by atoms with Gasteiger partial charge in [-0.25, -0.2) is 0 Å². The lowest BCUT2D eigenvalue weighted by Crippen LogP contribution is -2.35. The zero-order valence-electron chi connectivity index (χ0n) is 5.78. The van der Waals surface area contributed by atoms with Gasteiger partial charge >= 0.3 is 15.2 Å². The standard InChI is InChI=1S/C2H6Cl2O7P2/c3-1(4)2(5,12(6,7)8)13(9,10)11/h1,5H,(H2,6,7,8)(H2,9,10,11). The molecule has 0 aliphatic rings. The minimum absolute atomic E-state index is 2.31. The molecule has 0 aliphatic carbocycles. The molecule has 0 aromatic carbocycles. The van der Waals surface area contributed by atoms with Crippen molar-refractivity contribution in [3.63, 3.8) is 0 Å². The van der Waals surface area contributed by atoms with Crippen LogP contribution in [-0.4, -0.2) is 34.6 Å². The van der Waals surface area contributed by atoms with E-state index in [0.29, 0.717) is 0 Å². The van der Waals surface area contributed by atoms with Gasteiger partial charge in [-0.15, -0.1) is 23.2 Å². The Kier molecular flexibility index (Phi) is 4.02. The highest BCUT2D eigenvalue weighted by atomic mass is 35.5. The van der Waals surface area contributed by atoms with Crippen LogP contribution in [0.2, 0.25) is 0 Å². The van der Waals surface area contributed by atoms with Gasteiger partial charge in [0.25, 0.3) is 5.08 Å². The van der Waals surface area contributed by atoms with Crippen LogP contribution < -0.4 is 0 Å². The van der Waals surface area contributed by atoms with Crippen molar-refractivity contribution in [3.05, 3.63) is 0 Å². The molecule has 0 aliphatic heterocycles. The molecular weight excluding hydrogens is 269 g/mol. The number of hydrogen-bond acceptors (Lipinski definition) is 3. The maximum absolute atomic E-state index is 10.5. The molecule has 11 heteroatoms. The summed E-state index contributed by atoms with van der Waals surface area (Å²) in [5, 5.41) is 5.21. The summed E-state index contributed by atoms with van der Waals surface area (Å²) in [4.78, 5) is 31.5. The van der Waals surface area contributed by atoms with Crippen LogP contribution in [0.25, 0.3) is 0 Å². The Morgan fingerprint density at radius 3 is 1.23 bits per heavy atom. The first kappa shape index (κ1) is 13.8. The van der Waals surface area contributed by atoms with Crippen molar-refractivity contribution in [1.29, 1.82) is 0 Å². The van der Waals surface area contributed by atoms with Crippen molar-refractivity contribution in [1.82, 2.24) is 0 Å². The molecule has 0 spiro atoms. The molecule has 7 nitrogen and oxygen atoms in total. The SMILES string of the molecule is O=P(O)(O)C(O)(C(Cl)Cl)P(=O)(O)O. The first-order valence-corrected chi connectivity index (χ1v) is 6.66. The van der Waals surface area contributed by atoms with E-state index in [1.807, 2.05) is 0 Å². The number of rotatable bonds is 3. The highest BCUT2D eigenvalue weighted by Gasteiger charge is 2.63. The average molecular weight is 275 g/mol. The van der Waals surface area contributed by atoms with Gasteiger partial charge in [0.1, 0.15) is 0 Å². The van der Waals surface area contributed by atoms with Gasteiger partial charge in [-0.1, -0.05) is 0 Å². The number of halogens is 2. The van der Waals surface area contributed by atoms with Crippen LogP contribution in [0.4, 0.5) is 0 Å². The lowest BCUT2D eigenvalue weighted by molar-refractivity contribution is 0.141. The van der Waals surface area contributed by atoms with Crippen molar-refractivity contribution in [2.24, 2.45) is 0 Å². The van der Waals surface area contributed by atoms with E-state index in [1.54, 1.807) is 0 Å². The molecule has 80 valence electrons. The van der Waals surface area contributed by atoms with Crippen LogP contribution in [-0.2, 0) is 9.13 Å². The van der Waals surface area contributed by atoms with Crippen LogP contribution >= 0.6 is 38.4 Å². The average Bonchev–Trinajstić information content (AvgIpc) is 1.80. The number of alkyl halides is 2. The maximum atomic E-state index is 10.5. The summed E-state index contributed by atoms with van der Waals surface area (Å²) in [5.41, 5.74) is 0. The molecule has 0 unspecified atom stereocenters. The fraction of sp³-hybridized carbons (Fsp3) is 1.00. The van der Waals surface area contributed by atoms with E-state index in [1.165, 1.54) is 0 Å². The molecule has 0 atom stereocenters. The Labute approximate surface area is 82.6 Å². The Bertz CT molecular complexity index is 254. The van der Waals surface area contributed by atoms with Gasteiger partial charge in [-0.3, -0.25) is 9.13 Å². The predicted molar refractivity (Wildman–Crippen MR) is 44.5 cm³/mol. The summed E-state index contributed by atoms with van der Waals surface area (Å²) in [7, 11) is -11.1. The summed E-state index contributed by atoms with van der Waals surface area (Å²) in [6, 6.07) is 0.